The molecule has 4 nitrogen and oxygen atoms in total. The van der Waals surface area contributed by atoms with Crippen LogP contribution in [0.3, 0.4) is 0 Å². The predicted molar refractivity (Wildman–Crippen MR) is 167 cm³/mol. The van der Waals surface area contributed by atoms with Gasteiger partial charge in [-0.25, -0.2) is 0 Å². The van der Waals surface area contributed by atoms with E-state index in [2.05, 4.69) is 47.0 Å². The number of benzene rings is 6. The van der Waals surface area contributed by atoms with Crippen molar-refractivity contribution in [3.8, 4) is 16.8 Å². The molecule has 0 aliphatic carbocycles. The minimum atomic E-state index is -0.0292. The average molecular weight is 528 g/mol. The fourth-order valence-electron chi connectivity index (χ4n) is 6.35. The van der Waals surface area contributed by atoms with Crippen LogP contribution in [0, 0.1) is 0 Å². The van der Waals surface area contributed by atoms with Gasteiger partial charge in [0, 0.05) is 39.4 Å². The minimum absolute atomic E-state index is 0.0292. The third kappa shape index (κ3) is 3.13. The molecule has 0 atom stereocenters. The zero-order valence-corrected chi connectivity index (χ0v) is 21.8. The Morgan fingerprint density at radius 3 is 2.10 bits per heavy atom. The SMILES string of the molecule is O=c1c2ccc(-n3c4ccccc4c4cc5c(cc43)oc3ccccc35)cc2oc2cccc(-c3ccccc3)c12. The van der Waals surface area contributed by atoms with Gasteiger partial charge in [-0.3, -0.25) is 4.79 Å². The van der Waals surface area contributed by atoms with E-state index < -0.39 is 0 Å². The summed E-state index contributed by atoms with van der Waals surface area (Å²) in [7, 11) is 0. The molecule has 0 fully saturated rings. The van der Waals surface area contributed by atoms with Gasteiger partial charge in [-0.2, -0.15) is 0 Å². The Hall–Kier alpha value is -5.61. The molecular weight excluding hydrogens is 506 g/mol. The summed E-state index contributed by atoms with van der Waals surface area (Å²) in [5.41, 5.74) is 7.71. The molecule has 0 aliphatic rings. The summed E-state index contributed by atoms with van der Waals surface area (Å²) in [6, 6.07) is 42.5. The fourth-order valence-corrected chi connectivity index (χ4v) is 6.35. The summed E-state index contributed by atoms with van der Waals surface area (Å²) >= 11 is 0. The van der Waals surface area contributed by atoms with E-state index in [-0.39, 0.29) is 5.43 Å². The molecule has 6 aromatic carbocycles. The third-order valence-electron chi connectivity index (χ3n) is 8.20. The monoisotopic (exact) mass is 527 g/mol. The summed E-state index contributed by atoms with van der Waals surface area (Å²) in [5.74, 6) is 0. The van der Waals surface area contributed by atoms with E-state index in [1.54, 1.807) is 0 Å². The largest absolute Gasteiger partial charge is 0.456 e. The van der Waals surface area contributed by atoms with Gasteiger partial charge in [-0.05, 0) is 47.5 Å². The molecule has 9 rings (SSSR count). The Morgan fingerprint density at radius 2 is 1.20 bits per heavy atom. The quantitative estimate of drug-likeness (QED) is 0.210. The van der Waals surface area contributed by atoms with Crippen molar-refractivity contribution in [3.05, 3.63) is 138 Å². The van der Waals surface area contributed by atoms with Crippen LogP contribution in [-0.4, -0.2) is 4.57 Å². The van der Waals surface area contributed by atoms with Crippen LogP contribution in [0.2, 0.25) is 0 Å². The third-order valence-corrected chi connectivity index (χ3v) is 8.20. The predicted octanol–water partition coefficient (Wildman–Crippen LogP) is 9.61. The molecule has 0 N–H and O–H groups in total. The van der Waals surface area contributed by atoms with Crippen molar-refractivity contribution in [1.29, 1.82) is 0 Å². The van der Waals surface area contributed by atoms with Crippen molar-refractivity contribution >= 4 is 65.7 Å². The topological polar surface area (TPSA) is 48.3 Å². The van der Waals surface area contributed by atoms with E-state index in [4.69, 9.17) is 8.83 Å². The van der Waals surface area contributed by atoms with Crippen LogP contribution in [0.15, 0.2) is 141 Å². The van der Waals surface area contributed by atoms with Crippen LogP contribution in [0.25, 0.3) is 82.5 Å². The maximum absolute atomic E-state index is 13.9. The molecule has 9 aromatic rings. The zero-order chi connectivity index (χ0) is 27.1. The highest BCUT2D eigenvalue weighted by Gasteiger charge is 2.18. The second-order valence-electron chi connectivity index (χ2n) is 10.5. The van der Waals surface area contributed by atoms with Crippen LogP contribution in [0.1, 0.15) is 0 Å². The zero-order valence-electron chi connectivity index (χ0n) is 21.8. The highest BCUT2D eigenvalue weighted by atomic mass is 16.3. The van der Waals surface area contributed by atoms with E-state index in [0.717, 1.165) is 60.6 Å². The highest BCUT2D eigenvalue weighted by Crippen LogP contribution is 2.38. The lowest BCUT2D eigenvalue weighted by molar-refractivity contribution is 0.660. The molecule has 0 amide bonds. The molecule has 0 saturated carbocycles. The normalized spacial score (nSPS) is 12.0. The van der Waals surface area contributed by atoms with Gasteiger partial charge in [0.2, 0.25) is 5.43 Å². The van der Waals surface area contributed by atoms with Crippen molar-refractivity contribution in [2.75, 3.05) is 0 Å². The van der Waals surface area contributed by atoms with Gasteiger partial charge < -0.3 is 13.4 Å². The first-order valence-electron chi connectivity index (χ1n) is 13.6. The van der Waals surface area contributed by atoms with Crippen LogP contribution >= 0.6 is 0 Å². The summed E-state index contributed by atoms with van der Waals surface area (Å²) in [5, 5.41) is 5.67. The second-order valence-corrected chi connectivity index (χ2v) is 10.5. The Balaban J connectivity index is 1.33. The van der Waals surface area contributed by atoms with Crippen molar-refractivity contribution in [3.63, 3.8) is 0 Å². The Morgan fingerprint density at radius 1 is 0.463 bits per heavy atom. The summed E-state index contributed by atoms with van der Waals surface area (Å²) in [4.78, 5) is 13.9. The van der Waals surface area contributed by atoms with Crippen LogP contribution < -0.4 is 5.43 Å². The van der Waals surface area contributed by atoms with Gasteiger partial charge in [0.25, 0.3) is 0 Å². The van der Waals surface area contributed by atoms with Gasteiger partial charge in [-0.1, -0.05) is 78.9 Å². The van der Waals surface area contributed by atoms with Gasteiger partial charge in [0.05, 0.1) is 21.8 Å². The number of aromatic nitrogens is 1. The molecule has 0 saturated heterocycles. The van der Waals surface area contributed by atoms with E-state index in [0.29, 0.717) is 21.9 Å². The smallest absolute Gasteiger partial charge is 0.201 e. The molecular formula is C37H21NO3. The van der Waals surface area contributed by atoms with Gasteiger partial charge in [0.1, 0.15) is 22.3 Å². The molecule has 3 heterocycles. The standard InChI is InChI=1S/C37H21NO3/c39-37-27-18-17-23(19-34(27)41-33-16-8-13-24(36(33)37)22-9-2-1-3-10-22)38-30-14-6-4-11-25(30)28-20-29-26-12-5-7-15-32(26)40-35(29)21-31(28)38/h1-21H. The van der Waals surface area contributed by atoms with Crippen LogP contribution in [-0.2, 0) is 0 Å². The number of nitrogens with zero attached hydrogens (tertiary/aromatic N) is 1. The number of para-hydroxylation sites is 2. The highest BCUT2D eigenvalue weighted by molar-refractivity contribution is 6.17. The van der Waals surface area contributed by atoms with Crippen LogP contribution in [0.5, 0.6) is 0 Å². The molecule has 0 radical (unpaired) electrons. The first kappa shape index (κ1) is 22.2. The van der Waals surface area contributed by atoms with Crippen molar-refractivity contribution in [2.45, 2.75) is 0 Å². The van der Waals surface area contributed by atoms with Gasteiger partial charge in [-0.15, -0.1) is 0 Å². The first-order chi connectivity index (χ1) is 20.2. The van der Waals surface area contributed by atoms with E-state index >= 15 is 0 Å². The maximum Gasteiger partial charge on any atom is 0.201 e. The Bertz CT molecular complexity index is 2550. The van der Waals surface area contributed by atoms with Gasteiger partial charge >= 0.3 is 0 Å². The second kappa shape index (κ2) is 8.20. The first-order valence-corrected chi connectivity index (χ1v) is 13.6. The lowest BCUT2D eigenvalue weighted by Crippen LogP contribution is -2.04. The molecule has 41 heavy (non-hydrogen) atoms. The van der Waals surface area contributed by atoms with Crippen LogP contribution in [0.4, 0.5) is 0 Å². The molecule has 4 heteroatoms. The summed E-state index contributed by atoms with van der Waals surface area (Å²) in [6.07, 6.45) is 0. The van der Waals surface area contributed by atoms with E-state index in [9.17, 15) is 4.79 Å². The minimum Gasteiger partial charge on any atom is -0.456 e. The van der Waals surface area contributed by atoms with E-state index in [1.807, 2.05) is 84.9 Å². The summed E-state index contributed by atoms with van der Waals surface area (Å²) in [6.45, 7) is 0. The lowest BCUT2D eigenvalue weighted by atomic mass is 10.00. The molecule has 192 valence electrons. The van der Waals surface area contributed by atoms with E-state index in [1.165, 1.54) is 0 Å². The average Bonchev–Trinajstić information content (AvgIpc) is 3.54. The Kier molecular flexibility index (Phi) is 4.44. The van der Waals surface area contributed by atoms with Gasteiger partial charge in [0.15, 0.2) is 0 Å². The molecule has 0 aliphatic heterocycles. The molecule has 0 bridgehead atoms. The maximum atomic E-state index is 13.9. The number of hydrogen-bond donors (Lipinski definition) is 0. The number of fused-ring (bicyclic) bond motifs is 8. The van der Waals surface area contributed by atoms with Crippen molar-refractivity contribution < 1.29 is 8.83 Å². The Labute approximate surface area is 233 Å². The molecule has 0 spiro atoms. The number of hydrogen-bond acceptors (Lipinski definition) is 3. The fraction of sp³-hybridized carbons (Fsp3) is 0. The number of rotatable bonds is 2. The summed E-state index contributed by atoms with van der Waals surface area (Å²) < 4.78 is 14.9. The molecule has 0 unspecified atom stereocenters. The lowest BCUT2D eigenvalue weighted by Gasteiger charge is -2.11. The van der Waals surface area contributed by atoms with Crippen molar-refractivity contribution in [1.82, 2.24) is 4.57 Å². The number of furan rings is 1. The molecule has 3 aromatic heterocycles. The van der Waals surface area contributed by atoms with Crippen molar-refractivity contribution in [2.24, 2.45) is 0 Å².